The van der Waals surface area contributed by atoms with Gasteiger partial charge < -0.3 is 14.6 Å². The van der Waals surface area contributed by atoms with E-state index in [0.29, 0.717) is 12.8 Å². The monoisotopic (exact) mass is 696 g/mol. The maximum absolute atomic E-state index is 12.7. The minimum absolute atomic E-state index is 0.312. The van der Waals surface area contributed by atoms with Crippen LogP contribution in [0.25, 0.3) is 0 Å². The molecular formula is C43H85NO5. The highest BCUT2D eigenvalue weighted by atomic mass is 16.6. The first-order valence-electron chi connectivity index (χ1n) is 21.5. The Morgan fingerprint density at radius 3 is 1.00 bits per heavy atom. The largest absolute Gasteiger partial charge is 0.454 e. The molecule has 0 spiro atoms. The number of hydrogen-bond donors (Lipinski definition) is 2. The molecule has 0 heterocycles. The number of aliphatic hydroxyl groups is 1. The van der Waals surface area contributed by atoms with Crippen LogP contribution in [0.4, 0.5) is 0 Å². The van der Waals surface area contributed by atoms with Crippen molar-refractivity contribution in [2.45, 2.75) is 258 Å². The van der Waals surface area contributed by atoms with Gasteiger partial charge in [0.25, 0.3) is 0 Å². The summed E-state index contributed by atoms with van der Waals surface area (Å²) in [5.41, 5.74) is -0.381. The van der Waals surface area contributed by atoms with Crippen molar-refractivity contribution < 1.29 is 24.2 Å². The van der Waals surface area contributed by atoms with Crippen molar-refractivity contribution in [2.75, 3.05) is 6.61 Å². The lowest BCUT2D eigenvalue weighted by Crippen LogP contribution is -2.54. The molecule has 0 saturated heterocycles. The van der Waals surface area contributed by atoms with Crippen molar-refractivity contribution in [3.05, 3.63) is 0 Å². The second kappa shape index (κ2) is 35.3. The number of ether oxygens (including phenoxy) is 2. The van der Waals surface area contributed by atoms with Gasteiger partial charge in [-0.05, 0) is 33.6 Å². The summed E-state index contributed by atoms with van der Waals surface area (Å²) in [6.45, 7) is 10.0. The summed E-state index contributed by atoms with van der Waals surface area (Å²) in [4.78, 5) is 25.4. The number of esters is 2. The maximum atomic E-state index is 12.7. The lowest BCUT2D eigenvalue weighted by molar-refractivity contribution is -0.176. The molecule has 0 aromatic rings. The highest BCUT2D eigenvalue weighted by Gasteiger charge is 2.31. The molecule has 0 aromatic carbocycles. The molecule has 2 atom stereocenters. The number of hydrogen-bond acceptors (Lipinski definition) is 6. The van der Waals surface area contributed by atoms with E-state index >= 15 is 0 Å². The van der Waals surface area contributed by atoms with E-state index in [1.165, 1.54) is 154 Å². The number of carbonyl (C=O) groups is 2. The highest BCUT2D eigenvalue weighted by molar-refractivity contribution is 5.70. The SMILES string of the molecule is CCCCCCCCCCCCCCCCCC(=O)OC(CO)C(NC(C)(C)C)OC(=O)CCCCCCCCCCCCCCCCC. The molecule has 6 nitrogen and oxygen atoms in total. The van der Waals surface area contributed by atoms with Gasteiger partial charge in [0.05, 0.1) is 6.61 Å². The van der Waals surface area contributed by atoms with E-state index in [4.69, 9.17) is 9.47 Å². The summed E-state index contributed by atoms with van der Waals surface area (Å²) in [6, 6.07) is 0. The molecule has 0 radical (unpaired) electrons. The Kier molecular flexibility index (Phi) is 34.5. The first kappa shape index (κ1) is 47.9. The van der Waals surface area contributed by atoms with Crippen LogP contribution in [-0.2, 0) is 19.1 Å². The molecule has 292 valence electrons. The van der Waals surface area contributed by atoms with Crippen molar-refractivity contribution in [3.63, 3.8) is 0 Å². The van der Waals surface area contributed by atoms with E-state index in [2.05, 4.69) is 19.2 Å². The van der Waals surface area contributed by atoms with Gasteiger partial charge in [0.15, 0.2) is 12.3 Å². The third-order valence-electron chi connectivity index (χ3n) is 9.60. The second-order valence-electron chi connectivity index (χ2n) is 15.9. The standard InChI is InChI=1S/C43H85NO5/c1-6-8-10-12-14-16-18-20-22-24-26-28-30-32-34-36-40(46)48-39(38-45)42(44-43(3,4)5)49-41(47)37-35-33-31-29-27-25-23-21-19-17-15-13-11-9-7-2/h39,42,44-45H,6-38H2,1-5H3. The molecule has 0 aliphatic heterocycles. The number of rotatable bonds is 37. The number of carbonyl (C=O) groups excluding carboxylic acids is 2. The van der Waals surface area contributed by atoms with Crippen LogP contribution in [0.3, 0.4) is 0 Å². The fraction of sp³-hybridized carbons (Fsp3) is 0.953. The van der Waals surface area contributed by atoms with E-state index in [0.717, 1.165) is 38.5 Å². The van der Waals surface area contributed by atoms with Gasteiger partial charge in [-0.1, -0.05) is 194 Å². The van der Waals surface area contributed by atoms with E-state index in [1.54, 1.807) is 0 Å². The summed E-state index contributed by atoms with van der Waals surface area (Å²) in [6.07, 6.45) is 37.2. The van der Waals surface area contributed by atoms with E-state index in [1.807, 2.05) is 20.8 Å². The summed E-state index contributed by atoms with van der Waals surface area (Å²) < 4.78 is 11.4. The summed E-state index contributed by atoms with van der Waals surface area (Å²) >= 11 is 0. The fourth-order valence-electron chi connectivity index (χ4n) is 6.53. The average molecular weight is 696 g/mol. The molecule has 2 unspecified atom stereocenters. The average Bonchev–Trinajstić information content (AvgIpc) is 3.06. The van der Waals surface area contributed by atoms with Crippen LogP contribution in [0.5, 0.6) is 0 Å². The van der Waals surface area contributed by atoms with Crippen LogP contribution >= 0.6 is 0 Å². The summed E-state index contributed by atoms with van der Waals surface area (Å²) in [5, 5.41) is 13.3. The van der Waals surface area contributed by atoms with Gasteiger partial charge in [-0.3, -0.25) is 14.9 Å². The molecule has 0 aliphatic rings. The van der Waals surface area contributed by atoms with Crippen LogP contribution < -0.4 is 5.32 Å². The van der Waals surface area contributed by atoms with Crippen molar-refractivity contribution in [1.82, 2.24) is 5.32 Å². The summed E-state index contributed by atoms with van der Waals surface area (Å²) in [7, 11) is 0. The second-order valence-corrected chi connectivity index (χ2v) is 15.9. The first-order chi connectivity index (χ1) is 23.7. The predicted molar refractivity (Wildman–Crippen MR) is 209 cm³/mol. The van der Waals surface area contributed by atoms with Gasteiger partial charge in [-0.2, -0.15) is 0 Å². The van der Waals surface area contributed by atoms with E-state index in [9.17, 15) is 14.7 Å². The Labute approximate surface area is 305 Å². The first-order valence-corrected chi connectivity index (χ1v) is 21.5. The Bertz CT molecular complexity index is 721. The zero-order valence-electron chi connectivity index (χ0n) is 33.6. The highest BCUT2D eigenvalue weighted by Crippen LogP contribution is 2.17. The maximum Gasteiger partial charge on any atom is 0.307 e. The quantitative estimate of drug-likeness (QED) is 0.0382. The lowest BCUT2D eigenvalue weighted by atomic mass is 10.0. The number of aliphatic hydroxyl groups excluding tert-OH is 1. The Balaban J connectivity index is 4.06. The van der Waals surface area contributed by atoms with Crippen molar-refractivity contribution in [1.29, 1.82) is 0 Å². The zero-order chi connectivity index (χ0) is 36.3. The molecule has 0 amide bonds. The Hall–Kier alpha value is -1.14. The summed E-state index contributed by atoms with van der Waals surface area (Å²) in [5.74, 6) is -0.652. The Morgan fingerprint density at radius 2 is 0.735 bits per heavy atom. The van der Waals surface area contributed by atoms with Crippen molar-refractivity contribution >= 4 is 11.9 Å². The van der Waals surface area contributed by atoms with Gasteiger partial charge in [0.1, 0.15) is 0 Å². The molecule has 6 heteroatoms. The van der Waals surface area contributed by atoms with Crippen LogP contribution in [-0.4, -0.2) is 41.5 Å². The predicted octanol–water partition coefficient (Wildman–Crippen LogP) is 12.7. The zero-order valence-corrected chi connectivity index (χ0v) is 33.6. The minimum Gasteiger partial charge on any atom is -0.454 e. The normalized spacial score (nSPS) is 13.0. The third-order valence-corrected chi connectivity index (χ3v) is 9.60. The Morgan fingerprint density at radius 1 is 0.469 bits per heavy atom. The molecule has 0 fully saturated rings. The topological polar surface area (TPSA) is 84.9 Å². The fourth-order valence-corrected chi connectivity index (χ4v) is 6.53. The van der Waals surface area contributed by atoms with Gasteiger partial charge >= 0.3 is 11.9 Å². The van der Waals surface area contributed by atoms with Crippen LogP contribution in [0, 0.1) is 0 Å². The smallest absolute Gasteiger partial charge is 0.307 e. The van der Waals surface area contributed by atoms with Gasteiger partial charge in [-0.25, -0.2) is 0 Å². The molecule has 49 heavy (non-hydrogen) atoms. The van der Waals surface area contributed by atoms with Gasteiger partial charge in [0, 0.05) is 18.4 Å². The van der Waals surface area contributed by atoms with Crippen LogP contribution in [0.15, 0.2) is 0 Å². The van der Waals surface area contributed by atoms with Gasteiger partial charge in [0.2, 0.25) is 0 Å². The van der Waals surface area contributed by atoms with E-state index in [-0.39, 0.29) is 17.5 Å². The van der Waals surface area contributed by atoms with Crippen LogP contribution in [0.2, 0.25) is 0 Å². The third kappa shape index (κ3) is 35.1. The van der Waals surface area contributed by atoms with Gasteiger partial charge in [-0.15, -0.1) is 0 Å². The van der Waals surface area contributed by atoms with Crippen LogP contribution in [0.1, 0.15) is 240 Å². The van der Waals surface area contributed by atoms with E-state index < -0.39 is 18.9 Å². The van der Waals surface area contributed by atoms with Crippen molar-refractivity contribution in [2.24, 2.45) is 0 Å². The number of nitrogens with one attached hydrogen (secondary N) is 1. The molecule has 0 bridgehead atoms. The number of unbranched alkanes of at least 4 members (excludes halogenated alkanes) is 28. The molecule has 0 rings (SSSR count). The molecule has 0 aliphatic carbocycles. The lowest BCUT2D eigenvalue weighted by Gasteiger charge is -2.32. The molecule has 2 N–H and O–H groups in total. The molecule has 0 saturated carbocycles. The minimum atomic E-state index is -0.923. The molecule has 0 aromatic heterocycles. The molecular weight excluding hydrogens is 610 g/mol. The van der Waals surface area contributed by atoms with Crippen molar-refractivity contribution in [3.8, 4) is 0 Å².